The van der Waals surface area contributed by atoms with E-state index in [2.05, 4.69) is 35.9 Å². The van der Waals surface area contributed by atoms with Crippen LogP contribution in [0, 0.1) is 17.8 Å². The van der Waals surface area contributed by atoms with Crippen LogP contribution in [0.5, 0.6) is 0 Å². The molecule has 2 heterocycles. The third kappa shape index (κ3) is 8.35. The van der Waals surface area contributed by atoms with Crippen molar-refractivity contribution in [2.75, 3.05) is 39.8 Å². The van der Waals surface area contributed by atoms with Gasteiger partial charge in [0, 0.05) is 5.92 Å². The molecule has 0 amide bonds. The molecule has 0 N–H and O–H groups in total. The fourth-order valence-electron chi connectivity index (χ4n) is 4.63. The predicted molar refractivity (Wildman–Crippen MR) is 111 cm³/mol. The van der Waals surface area contributed by atoms with Crippen LogP contribution >= 0.6 is 0 Å². The summed E-state index contributed by atoms with van der Waals surface area (Å²) in [5, 5.41) is 0. The molecule has 150 valence electrons. The van der Waals surface area contributed by atoms with E-state index in [0.717, 1.165) is 31.0 Å². The standard InChI is InChI=1S/C16H30N2.C7H12O/c1-3-4-15-7-12-18(13-8-15)14-9-16-5-10-17(2)11-6-16;8-6-7-4-2-1-3-5-7/h3-4,15-16H,5-14H2,1-2H3;6-7H,1-5H2/b4-3+;. The average molecular weight is 363 g/mol. The number of carbonyl (C=O) groups excluding carboxylic acids is 1. The number of rotatable bonds is 5. The lowest BCUT2D eigenvalue weighted by molar-refractivity contribution is -0.111. The molecule has 0 radical (unpaired) electrons. The molecule has 0 aromatic carbocycles. The number of hydrogen-bond donors (Lipinski definition) is 0. The highest BCUT2D eigenvalue weighted by molar-refractivity contribution is 5.53. The normalized spacial score (nSPS) is 25.2. The van der Waals surface area contributed by atoms with E-state index in [0.29, 0.717) is 5.92 Å². The largest absolute Gasteiger partial charge is 0.306 e. The molecule has 3 aliphatic rings. The van der Waals surface area contributed by atoms with Crippen molar-refractivity contribution in [3.63, 3.8) is 0 Å². The highest BCUT2D eigenvalue weighted by Gasteiger charge is 2.20. The van der Waals surface area contributed by atoms with E-state index < -0.39 is 0 Å². The molecule has 0 aromatic heterocycles. The van der Waals surface area contributed by atoms with Gasteiger partial charge in [0.05, 0.1) is 0 Å². The lowest BCUT2D eigenvalue weighted by Crippen LogP contribution is -2.36. The summed E-state index contributed by atoms with van der Waals surface area (Å²) in [4.78, 5) is 15.3. The number of aldehydes is 1. The second-order valence-corrected chi connectivity index (χ2v) is 8.77. The quantitative estimate of drug-likeness (QED) is 0.520. The Kier molecular flexibility index (Phi) is 10.5. The van der Waals surface area contributed by atoms with Crippen molar-refractivity contribution in [2.45, 2.75) is 71.1 Å². The first-order chi connectivity index (χ1) is 12.7. The Labute approximate surface area is 162 Å². The molecular weight excluding hydrogens is 320 g/mol. The maximum Gasteiger partial charge on any atom is 0.123 e. The smallest absolute Gasteiger partial charge is 0.123 e. The lowest BCUT2D eigenvalue weighted by Gasteiger charge is -2.33. The SMILES string of the molecule is C/C=C/C1CCN(CCC2CCN(C)CC2)CC1.O=CC1CCCCC1. The summed E-state index contributed by atoms with van der Waals surface area (Å²) < 4.78 is 0. The number of allylic oxidation sites excluding steroid dienone is 2. The highest BCUT2D eigenvalue weighted by Crippen LogP contribution is 2.23. The van der Waals surface area contributed by atoms with Gasteiger partial charge in [-0.15, -0.1) is 0 Å². The van der Waals surface area contributed by atoms with Gasteiger partial charge in [-0.3, -0.25) is 0 Å². The molecule has 3 fully saturated rings. The zero-order valence-corrected chi connectivity index (χ0v) is 17.4. The van der Waals surface area contributed by atoms with Gasteiger partial charge in [0.25, 0.3) is 0 Å². The number of likely N-dealkylation sites (tertiary alicyclic amines) is 2. The average Bonchev–Trinajstić information content (AvgIpc) is 2.70. The molecule has 26 heavy (non-hydrogen) atoms. The number of carbonyl (C=O) groups is 1. The van der Waals surface area contributed by atoms with Gasteiger partial charge in [-0.1, -0.05) is 31.4 Å². The van der Waals surface area contributed by atoms with Crippen molar-refractivity contribution >= 4 is 6.29 Å². The van der Waals surface area contributed by atoms with Gasteiger partial charge in [-0.25, -0.2) is 0 Å². The van der Waals surface area contributed by atoms with Gasteiger partial charge in [0.1, 0.15) is 6.29 Å². The minimum atomic E-state index is 0.406. The summed E-state index contributed by atoms with van der Waals surface area (Å²) in [5.74, 6) is 2.26. The molecule has 3 heteroatoms. The first-order valence-electron chi connectivity index (χ1n) is 11.2. The van der Waals surface area contributed by atoms with E-state index in [-0.39, 0.29) is 0 Å². The second-order valence-electron chi connectivity index (χ2n) is 8.77. The van der Waals surface area contributed by atoms with Crippen LogP contribution in [-0.4, -0.2) is 55.9 Å². The summed E-state index contributed by atoms with van der Waals surface area (Å²) in [7, 11) is 2.25. The van der Waals surface area contributed by atoms with Gasteiger partial charge in [0.15, 0.2) is 0 Å². The number of hydrogen-bond acceptors (Lipinski definition) is 3. The van der Waals surface area contributed by atoms with Crippen LogP contribution in [0.25, 0.3) is 0 Å². The van der Waals surface area contributed by atoms with Crippen molar-refractivity contribution in [2.24, 2.45) is 17.8 Å². The Hall–Kier alpha value is -0.670. The summed E-state index contributed by atoms with van der Waals surface area (Å²) >= 11 is 0. The van der Waals surface area contributed by atoms with E-state index in [9.17, 15) is 4.79 Å². The molecule has 0 bridgehead atoms. The predicted octanol–water partition coefficient (Wildman–Crippen LogP) is 4.77. The van der Waals surface area contributed by atoms with Gasteiger partial charge in [-0.2, -0.15) is 0 Å². The van der Waals surface area contributed by atoms with Crippen LogP contribution in [0.2, 0.25) is 0 Å². The molecule has 1 saturated carbocycles. The van der Waals surface area contributed by atoms with E-state index in [1.54, 1.807) is 0 Å². The van der Waals surface area contributed by atoms with Gasteiger partial charge >= 0.3 is 0 Å². The summed E-state index contributed by atoms with van der Waals surface area (Å²) in [5.41, 5.74) is 0. The van der Waals surface area contributed by atoms with Crippen molar-refractivity contribution in [3.8, 4) is 0 Å². The number of piperidine rings is 2. The molecule has 2 saturated heterocycles. The fraction of sp³-hybridized carbons (Fsp3) is 0.870. The molecule has 0 unspecified atom stereocenters. The molecule has 3 nitrogen and oxygen atoms in total. The van der Waals surface area contributed by atoms with Crippen LogP contribution in [0.3, 0.4) is 0 Å². The molecule has 0 aromatic rings. The minimum Gasteiger partial charge on any atom is -0.306 e. The third-order valence-electron chi connectivity index (χ3n) is 6.63. The van der Waals surface area contributed by atoms with Crippen molar-refractivity contribution in [3.05, 3.63) is 12.2 Å². The van der Waals surface area contributed by atoms with E-state index in [4.69, 9.17) is 0 Å². The van der Waals surface area contributed by atoms with Crippen molar-refractivity contribution < 1.29 is 4.79 Å². The van der Waals surface area contributed by atoms with Crippen molar-refractivity contribution in [1.29, 1.82) is 0 Å². The monoisotopic (exact) mass is 362 g/mol. The summed E-state index contributed by atoms with van der Waals surface area (Å²) in [6.45, 7) is 8.76. The summed E-state index contributed by atoms with van der Waals surface area (Å²) in [6.07, 6.45) is 18.9. The highest BCUT2D eigenvalue weighted by atomic mass is 16.1. The molecule has 0 spiro atoms. The summed E-state index contributed by atoms with van der Waals surface area (Å²) in [6, 6.07) is 0. The maximum absolute atomic E-state index is 10.2. The topological polar surface area (TPSA) is 23.6 Å². The van der Waals surface area contributed by atoms with E-state index >= 15 is 0 Å². The minimum absolute atomic E-state index is 0.406. The molecule has 0 atom stereocenters. The van der Waals surface area contributed by atoms with Gasteiger partial charge < -0.3 is 14.6 Å². The van der Waals surface area contributed by atoms with Gasteiger partial charge in [0.2, 0.25) is 0 Å². The Balaban J connectivity index is 0.000000254. The molecular formula is C23H42N2O. The first-order valence-corrected chi connectivity index (χ1v) is 11.2. The second kappa shape index (κ2) is 12.7. The zero-order chi connectivity index (χ0) is 18.6. The van der Waals surface area contributed by atoms with Crippen LogP contribution < -0.4 is 0 Å². The van der Waals surface area contributed by atoms with E-state index in [1.165, 1.54) is 84.1 Å². The van der Waals surface area contributed by atoms with Crippen molar-refractivity contribution in [1.82, 2.24) is 9.80 Å². The van der Waals surface area contributed by atoms with Crippen LogP contribution in [0.15, 0.2) is 12.2 Å². The fourth-order valence-corrected chi connectivity index (χ4v) is 4.63. The first kappa shape index (κ1) is 21.6. The van der Waals surface area contributed by atoms with Crippen LogP contribution in [0.1, 0.15) is 71.1 Å². The maximum atomic E-state index is 10.2. The van der Waals surface area contributed by atoms with Crippen LogP contribution in [0.4, 0.5) is 0 Å². The number of nitrogens with zero attached hydrogens (tertiary/aromatic N) is 2. The van der Waals surface area contributed by atoms with E-state index in [1.807, 2.05) is 0 Å². The van der Waals surface area contributed by atoms with Gasteiger partial charge in [-0.05, 0) is 103 Å². The Morgan fingerprint density at radius 3 is 2.04 bits per heavy atom. The lowest BCUT2D eigenvalue weighted by atomic mass is 9.91. The third-order valence-corrected chi connectivity index (χ3v) is 6.63. The molecule has 3 rings (SSSR count). The van der Waals surface area contributed by atoms with Crippen LogP contribution in [-0.2, 0) is 4.79 Å². The molecule has 1 aliphatic carbocycles. The Morgan fingerprint density at radius 2 is 1.50 bits per heavy atom. The zero-order valence-electron chi connectivity index (χ0n) is 17.4. The Morgan fingerprint density at radius 1 is 0.846 bits per heavy atom. The molecule has 2 aliphatic heterocycles. The Bertz CT molecular complexity index is 387.